The van der Waals surface area contributed by atoms with Gasteiger partial charge in [0.05, 0.1) is 12.8 Å². The van der Waals surface area contributed by atoms with Crippen LogP contribution in [-0.4, -0.2) is 23.5 Å². The van der Waals surface area contributed by atoms with Gasteiger partial charge in [-0.2, -0.15) is 0 Å². The maximum atomic E-state index is 13.0. The summed E-state index contributed by atoms with van der Waals surface area (Å²) in [4.78, 5) is 16.5. The number of nitrogens with one attached hydrogen (secondary N) is 1. The molecule has 1 aromatic heterocycles. The van der Waals surface area contributed by atoms with Crippen molar-refractivity contribution in [3.05, 3.63) is 66.3 Å². The molecule has 6 heteroatoms. The number of ether oxygens (including phenoxy) is 2. The molecule has 0 fully saturated rings. The van der Waals surface area contributed by atoms with Crippen molar-refractivity contribution in [2.24, 2.45) is 0 Å². The lowest BCUT2D eigenvalue weighted by Gasteiger charge is -2.19. The average Bonchev–Trinajstić information content (AvgIpc) is 2.63. The lowest BCUT2D eigenvalue weighted by molar-refractivity contribution is 0.0873. The van der Waals surface area contributed by atoms with E-state index in [1.807, 2.05) is 6.08 Å². The Labute approximate surface area is 139 Å². The molecule has 1 unspecified atom stereocenters. The predicted octanol–water partition coefficient (Wildman–Crippen LogP) is 3.44. The maximum Gasteiger partial charge on any atom is 0.256 e. The van der Waals surface area contributed by atoms with Gasteiger partial charge in [0.1, 0.15) is 23.2 Å². The summed E-state index contributed by atoms with van der Waals surface area (Å²) in [5, 5.41) is 2.83. The van der Waals surface area contributed by atoms with E-state index >= 15 is 0 Å². The second kappa shape index (κ2) is 7.59. The molecule has 0 spiro atoms. The number of carbonyl (C=O) groups is 1. The summed E-state index contributed by atoms with van der Waals surface area (Å²) in [5.74, 6) is -0.0720. The van der Waals surface area contributed by atoms with Gasteiger partial charge in [0.2, 0.25) is 5.88 Å². The van der Waals surface area contributed by atoms with Crippen LogP contribution in [0.1, 0.15) is 23.2 Å². The molecule has 1 aromatic carbocycles. The van der Waals surface area contributed by atoms with Gasteiger partial charge in [-0.25, -0.2) is 9.37 Å². The van der Waals surface area contributed by atoms with Gasteiger partial charge in [-0.1, -0.05) is 0 Å². The van der Waals surface area contributed by atoms with Crippen LogP contribution in [0.25, 0.3) is 0 Å². The fourth-order valence-corrected chi connectivity index (χ4v) is 2.30. The fourth-order valence-electron chi connectivity index (χ4n) is 2.30. The molecule has 1 amide bonds. The van der Waals surface area contributed by atoms with Gasteiger partial charge in [-0.3, -0.25) is 4.79 Å². The minimum absolute atomic E-state index is 0.0305. The number of aromatic nitrogens is 1. The highest BCUT2D eigenvalue weighted by atomic mass is 19.1. The van der Waals surface area contributed by atoms with Crippen LogP contribution in [0.3, 0.4) is 0 Å². The number of nitrogens with zero attached hydrogens (tertiary/aromatic N) is 1. The summed E-state index contributed by atoms with van der Waals surface area (Å²) in [5.41, 5.74) is 0.313. The van der Waals surface area contributed by atoms with Crippen LogP contribution in [0, 0.1) is 5.82 Å². The lowest BCUT2D eigenvalue weighted by atomic mass is 10.1. The van der Waals surface area contributed by atoms with Crippen LogP contribution in [0.5, 0.6) is 11.6 Å². The van der Waals surface area contributed by atoms with Crippen molar-refractivity contribution in [2.75, 3.05) is 6.54 Å². The van der Waals surface area contributed by atoms with Crippen molar-refractivity contribution in [2.45, 2.75) is 18.9 Å². The molecule has 24 heavy (non-hydrogen) atoms. The first-order valence-electron chi connectivity index (χ1n) is 7.69. The molecular weight excluding hydrogens is 311 g/mol. The molecule has 1 atom stereocenters. The summed E-state index contributed by atoms with van der Waals surface area (Å²) in [6.07, 6.45) is 6.92. The molecule has 1 aliphatic rings. The molecule has 0 radical (unpaired) electrons. The number of amides is 1. The predicted molar refractivity (Wildman–Crippen MR) is 86.3 cm³/mol. The SMILES string of the molecule is O=C(NCC1CCC=CO1)c1cccnc1Oc1ccc(F)cc1. The topological polar surface area (TPSA) is 60.5 Å². The summed E-state index contributed by atoms with van der Waals surface area (Å²) < 4.78 is 24.0. The van der Waals surface area contributed by atoms with Gasteiger partial charge in [-0.15, -0.1) is 0 Å². The summed E-state index contributed by atoms with van der Waals surface area (Å²) in [6.45, 7) is 0.411. The smallest absolute Gasteiger partial charge is 0.256 e. The molecule has 1 aliphatic heterocycles. The Morgan fingerprint density at radius 1 is 1.33 bits per heavy atom. The molecule has 0 saturated heterocycles. The minimum Gasteiger partial charge on any atom is -0.497 e. The van der Waals surface area contributed by atoms with E-state index in [9.17, 15) is 9.18 Å². The Kier molecular flexibility index (Phi) is 5.05. The third kappa shape index (κ3) is 4.10. The number of allylic oxidation sites excluding steroid dienone is 1. The van der Waals surface area contributed by atoms with Gasteiger partial charge in [0.15, 0.2) is 0 Å². The number of hydrogen-bond acceptors (Lipinski definition) is 4. The first kappa shape index (κ1) is 16.0. The Morgan fingerprint density at radius 3 is 2.92 bits per heavy atom. The average molecular weight is 328 g/mol. The fraction of sp³-hybridized carbons (Fsp3) is 0.222. The monoisotopic (exact) mass is 328 g/mol. The van der Waals surface area contributed by atoms with Crippen molar-refractivity contribution in [3.63, 3.8) is 0 Å². The van der Waals surface area contributed by atoms with Crippen LogP contribution in [0.4, 0.5) is 4.39 Å². The summed E-state index contributed by atoms with van der Waals surface area (Å²) >= 11 is 0. The number of rotatable bonds is 5. The molecule has 2 aromatic rings. The molecule has 1 N–H and O–H groups in total. The van der Waals surface area contributed by atoms with Crippen molar-refractivity contribution in [1.29, 1.82) is 0 Å². The molecule has 0 saturated carbocycles. The van der Waals surface area contributed by atoms with Crippen molar-refractivity contribution < 1.29 is 18.7 Å². The summed E-state index contributed by atoms with van der Waals surface area (Å²) in [7, 11) is 0. The van der Waals surface area contributed by atoms with Crippen LogP contribution >= 0.6 is 0 Å². The first-order chi connectivity index (χ1) is 11.7. The highest BCUT2D eigenvalue weighted by Gasteiger charge is 2.17. The Bertz CT molecular complexity index is 731. The number of hydrogen-bond donors (Lipinski definition) is 1. The van der Waals surface area contributed by atoms with Crippen molar-refractivity contribution in [3.8, 4) is 11.6 Å². The van der Waals surface area contributed by atoms with Crippen LogP contribution < -0.4 is 10.1 Å². The van der Waals surface area contributed by atoms with Gasteiger partial charge >= 0.3 is 0 Å². The largest absolute Gasteiger partial charge is 0.497 e. The third-order valence-electron chi connectivity index (χ3n) is 3.56. The van der Waals surface area contributed by atoms with E-state index in [-0.39, 0.29) is 23.7 Å². The van der Waals surface area contributed by atoms with Gasteiger partial charge in [0, 0.05) is 6.20 Å². The Morgan fingerprint density at radius 2 is 2.17 bits per heavy atom. The molecule has 5 nitrogen and oxygen atoms in total. The zero-order chi connectivity index (χ0) is 16.8. The summed E-state index contributed by atoms with van der Waals surface area (Å²) in [6, 6.07) is 8.81. The minimum atomic E-state index is -0.358. The second-order valence-electron chi connectivity index (χ2n) is 5.33. The second-order valence-corrected chi connectivity index (χ2v) is 5.33. The molecular formula is C18H17FN2O3. The normalized spacial score (nSPS) is 16.3. The zero-order valence-electron chi connectivity index (χ0n) is 12.9. The molecule has 0 bridgehead atoms. The van der Waals surface area contributed by atoms with E-state index < -0.39 is 0 Å². The highest BCUT2D eigenvalue weighted by Crippen LogP contribution is 2.23. The van der Waals surface area contributed by atoms with Gasteiger partial charge in [-0.05, 0) is 55.3 Å². The van der Waals surface area contributed by atoms with E-state index in [4.69, 9.17) is 9.47 Å². The number of pyridine rings is 1. The Hall–Kier alpha value is -2.89. The Balaban J connectivity index is 1.67. The van der Waals surface area contributed by atoms with Crippen molar-refractivity contribution >= 4 is 5.91 Å². The van der Waals surface area contributed by atoms with E-state index in [2.05, 4.69) is 10.3 Å². The number of benzene rings is 1. The quantitative estimate of drug-likeness (QED) is 0.913. The van der Waals surface area contributed by atoms with E-state index in [0.717, 1.165) is 12.8 Å². The van der Waals surface area contributed by atoms with Gasteiger partial charge in [0.25, 0.3) is 5.91 Å². The van der Waals surface area contributed by atoms with Crippen LogP contribution in [0.2, 0.25) is 0 Å². The third-order valence-corrected chi connectivity index (χ3v) is 3.56. The lowest BCUT2D eigenvalue weighted by Crippen LogP contribution is -2.33. The van der Waals surface area contributed by atoms with Gasteiger partial charge < -0.3 is 14.8 Å². The standard InChI is InChI=1S/C18H17FN2O3/c19-13-6-8-14(9-7-13)24-18-16(5-3-10-20-18)17(22)21-12-15-4-1-2-11-23-15/h2-3,5-11,15H,1,4,12H2,(H,21,22). The van der Waals surface area contributed by atoms with Crippen molar-refractivity contribution in [1.82, 2.24) is 10.3 Å². The molecule has 2 heterocycles. The van der Waals surface area contributed by atoms with E-state index in [1.165, 1.54) is 30.5 Å². The molecule has 124 valence electrons. The number of carbonyl (C=O) groups excluding carboxylic acids is 1. The first-order valence-corrected chi connectivity index (χ1v) is 7.69. The highest BCUT2D eigenvalue weighted by molar-refractivity contribution is 5.96. The van der Waals surface area contributed by atoms with E-state index in [0.29, 0.717) is 17.9 Å². The van der Waals surface area contributed by atoms with Crippen LogP contribution in [-0.2, 0) is 4.74 Å². The zero-order valence-corrected chi connectivity index (χ0v) is 12.9. The molecule has 3 rings (SSSR count). The molecule has 0 aliphatic carbocycles. The van der Waals surface area contributed by atoms with E-state index in [1.54, 1.807) is 18.4 Å². The maximum absolute atomic E-state index is 13.0. The van der Waals surface area contributed by atoms with Crippen LogP contribution in [0.15, 0.2) is 54.9 Å². The number of halogens is 1.